The van der Waals surface area contributed by atoms with Crippen molar-refractivity contribution in [1.29, 1.82) is 0 Å². The zero-order chi connectivity index (χ0) is 39.3. The molecule has 1 atom stereocenters. The molecule has 0 unspecified atom stereocenters. The third kappa shape index (κ3) is 49.4. The van der Waals surface area contributed by atoms with E-state index in [1.807, 2.05) is 6.08 Å². The van der Waals surface area contributed by atoms with E-state index in [-0.39, 0.29) is 31.2 Å². The second-order valence-corrected chi connectivity index (χ2v) is 10.5. The molecule has 0 fully saturated rings. The van der Waals surface area contributed by atoms with Gasteiger partial charge in [0.05, 0.1) is 40.6 Å². The van der Waals surface area contributed by atoms with Gasteiger partial charge >= 0.3 is 17.9 Å². The van der Waals surface area contributed by atoms with E-state index in [4.69, 9.17) is 39.5 Å². The maximum atomic E-state index is 10.2. The van der Waals surface area contributed by atoms with Crippen LogP contribution >= 0.6 is 0 Å². The molecule has 0 bridgehead atoms. The van der Waals surface area contributed by atoms with E-state index < -0.39 is 23.9 Å². The molecule has 0 saturated carbocycles. The number of unbranched alkanes of at least 4 members (excludes halogenated alkanes) is 1. The van der Waals surface area contributed by atoms with Crippen LogP contribution < -0.4 is 50.3 Å². The van der Waals surface area contributed by atoms with Gasteiger partial charge in [0.2, 0.25) is 0 Å². The molecule has 0 rings (SSSR count). The molecule has 0 spiro atoms. The average molecular weight is 709 g/mol. The molecular weight excluding hydrogens is 646 g/mol. The lowest BCUT2D eigenvalue weighted by molar-refractivity contribution is -0.466. The van der Waals surface area contributed by atoms with Gasteiger partial charge in [0, 0.05) is 12.4 Å². The number of carbonyl (C=O) groups is 3. The normalized spacial score (nSPS) is 11.1. The van der Waals surface area contributed by atoms with Crippen LogP contribution in [-0.4, -0.2) is 90.2 Å². The highest BCUT2D eigenvalue weighted by atomic mass is 16.4. The number of guanidine groups is 4. The number of rotatable bonds is 17. The van der Waals surface area contributed by atoms with E-state index in [0.29, 0.717) is 18.3 Å². The average Bonchev–Trinajstić information content (AvgIpc) is 3.01. The summed E-state index contributed by atoms with van der Waals surface area (Å²) in [5.41, 5.74) is 33.9. The molecule has 284 valence electrons. The number of quaternary nitrogens is 1. The second kappa shape index (κ2) is 36.4. The largest absolute Gasteiger partial charge is 0.550 e. The molecule has 0 aromatic heterocycles. The summed E-state index contributed by atoms with van der Waals surface area (Å²) in [6.45, 7) is 2.14. The molecule has 0 amide bonds. The minimum atomic E-state index is -1.30. The Morgan fingerprint density at radius 2 is 1.04 bits per heavy atom. The lowest BCUT2D eigenvalue weighted by atomic mass is 10.2. The first kappa shape index (κ1) is 51.4. The summed E-state index contributed by atoms with van der Waals surface area (Å²) < 4.78 is 3.22. The van der Waals surface area contributed by atoms with Crippen LogP contribution in [0.5, 0.6) is 0 Å². The monoisotopic (exact) mass is 708 g/mol. The number of hydrogen-bond acceptors (Lipinski definition) is 5. The maximum absolute atomic E-state index is 10.2. The Kier molecular flexibility index (Phi) is 37.4. The standard InChI is InChI=1S/C20H30O2.C5H9NO4.2C4H11N5/c1-2-3-4-5-6-7-8-9-10-11-12-13-14-15-16-17-18-19-20(21)22;6-3(5(9)10)1-2-4(7)8;2*1-9(2)4(7)8-3(5)6/h3-4,6-7,9-10,12-13,15-16H,2,5,8,11,14,17-19H2,1H3,(H,21,22);3H,1-2,6H2,(H,7,8)(H,9,10);2*1-2H3,(H5,5,6,7,8)/p+1/b4-3-,7-6-,10-9-,13-12-,16-15-;;;/t;3-;;/m.0../s1. The molecule has 0 aliphatic carbocycles. The molecule has 0 heterocycles. The van der Waals surface area contributed by atoms with Gasteiger partial charge in [-0.25, -0.2) is 0 Å². The summed E-state index contributed by atoms with van der Waals surface area (Å²) in [5.74, 6) is -2.74. The Hall–Kier alpha value is -5.45. The Morgan fingerprint density at radius 3 is 1.30 bits per heavy atom. The number of nitrogens with two attached hydrogens (primary N) is 6. The van der Waals surface area contributed by atoms with Crippen LogP contribution in [0.15, 0.2) is 70.7 Å². The Balaban J connectivity index is -0.000000314. The number of allylic oxidation sites excluding steroid dienone is 10. The fourth-order valence-electron chi connectivity index (χ4n) is 2.61. The van der Waals surface area contributed by atoms with Crippen molar-refractivity contribution in [3.63, 3.8) is 0 Å². The van der Waals surface area contributed by atoms with Gasteiger partial charge in [0.15, 0.2) is 0 Å². The Morgan fingerprint density at radius 1 is 0.680 bits per heavy atom. The SMILES string of the molecule is CC/C=C\C/C=C\C/C=C\C/C=C\C/C=C\CCCC(=O)[O-].C[N+](C)=C(N)N=C(N)N.C[N+](C)=C(N)N=C(N)N.[NH3+][C@@H](CCC(=O)O)C(=O)[O-]. The van der Waals surface area contributed by atoms with Gasteiger partial charge in [-0.2, -0.15) is 0 Å². The van der Waals surface area contributed by atoms with Crippen molar-refractivity contribution < 1.29 is 44.6 Å². The summed E-state index contributed by atoms with van der Waals surface area (Å²) in [5, 5.41) is 28.2. The summed E-state index contributed by atoms with van der Waals surface area (Å²) in [4.78, 5) is 37.2. The van der Waals surface area contributed by atoms with Gasteiger partial charge in [-0.15, -0.1) is 0 Å². The number of carbonyl (C=O) groups excluding carboxylic acids is 2. The zero-order valence-corrected chi connectivity index (χ0v) is 30.4. The first-order valence-corrected chi connectivity index (χ1v) is 15.9. The highest BCUT2D eigenvalue weighted by Crippen LogP contribution is 1.98. The molecule has 0 aliphatic heterocycles. The lowest BCUT2D eigenvalue weighted by Gasteiger charge is -2.05. The molecule has 17 nitrogen and oxygen atoms in total. The van der Waals surface area contributed by atoms with Crippen molar-refractivity contribution in [1.82, 2.24) is 0 Å². The van der Waals surface area contributed by atoms with Crippen LogP contribution in [0.2, 0.25) is 0 Å². The number of carboxylic acids is 3. The Bertz CT molecular complexity index is 1180. The quantitative estimate of drug-likeness (QED) is 0.0257. The van der Waals surface area contributed by atoms with Gasteiger partial charge in [0.1, 0.15) is 6.04 Å². The van der Waals surface area contributed by atoms with E-state index in [9.17, 15) is 24.6 Å². The van der Waals surface area contributed by atoms with Crippen LogP contribution in [-0.2, 0) is 14.4 Å². The van der Waals surface area contributed by atoms with Crippen LogP contribution in [0, 0.1) is 0 Å². The molecular formula is C33H62N11O6+. The molecule has 17 heteroatoms. The van der Waals surface area contributed by atoms with Crippen molar-refractivity contribution >= 4 is 41.7 Å². The minimum absolute atomic E-state index is 0.0255. The predicted molar refractivity (Wildman–Crippen MR) is 196 cm³/mol. The Labute approximate surface area is 296 Å². The van der Waals surface area contributed by atoms with Crippen molar-refractivity contribution in [2.75, 3.05) is 28.2 Å². The molecule has 0 radical (unpaired) electrons. The lowest BCUT2D eigenvalue weighted by Crippen LogP contribution is -2.68. The molecule has 0 aromatic carbocycles. The summed E-state index contributed by atoms with van der Waals surface area (Å²) in [6.07, 6.45) is 27.9. The maximum Gasteiger partial charge on any atom is 0.387 e. The fraction of sp³-hybridized carbons (Fsp3) is 0.485. The molecule has 0 aromatic rings. The summed E-state index contributed by atoms with van der Waals surface area (Å²) in [7, 11) is 7.01. The topological polar surface area (TPSA) is 332 Å². The van der Waals surface area contributed by atoms with Crippen molar-refractivity contribution in [3.8, 4) is 0 Å². The smallest absolute Gasteiger partial charge is 0.387 e. The first-order valence-electron chi connectivity index (χ1n) is 15.9. The highest BCUT2D eigenvalue weighted by Gasteiger charge is 2.08. The summed E-state index contributed by atoms with van der Waals surface area (Å²) in [6, 6.07) is -0.920. The molecule has 16 N–H and O–H groups in total. The van der Waals surface area contributed by atoms with Crippen molar-refractivity contribution in [2.45, 2.75) is 77.2 Å². The number of hydrogen-bond donors (Lipinski definition) is 8. The predicted octanol–water partition coefficient (Wildman–Crippen LogP) is -2.44. The third-order valence-corrected chi connectivity index (χ3v) is 5.35. The van der Waals surface area contributed by atoms with Crippen LogP contribution in [0.3, 0.4) is 0 Å². The number of aliphatic imine (C=N–C) groups is 2. The van der Waals surface area contributed by atoms with E-state index in [2.05, 4.69) is 77.3 Å². The fourth-order valence-corrected chi connectivity index (χ4v) is 2.61. The van der Waals surface area contributed by atoms with Crippen molar-refractivity contribution in [3.05, 3.63) is 60.8 Å². The van der Waals surface area contributed by atoms with Gasteiger partial charge in [-0.1, -0.05) is 67.7 Å². The number of carboxylic acid groups (broad SMARTS) is 3. The van der Waals surface area contributed by atoms with E-state index in [1.165, 1.54) is 0 Å². The second-order valence-electron chi connectivity index (χ2n) is 10.5. The number of aliphatic carboxylic acids is 3. The van der Waals surface area contributed by atoms with E-state index >= 15 is 0 Å². The van der Waals surface area contributed by atoms with Gasteiger partial charge in [0.25, 0.3) is 11.9 Å². The number of nitrogens with zero attached hydrogens (tertiary/aromatic N) is 4. The highest BCUT2D eigenvalue weighted by molar-refractivity contribution is 5.90. The molecule has 50 heavy (non-hydrogen) atoms. The van der Waals surface area contributed by atoms with E-state index in [1.54, 1.807) is 37.3 Å². The molecule has 0 saturated heterocycles. The minimum Gasteiger partial charge on any atom is -0.550 e. The van der Waals surface area contributed by atoms with Crippen LogP contribution in [0.4, 0.5) is 0 Å². The van der Waals surface area contributed by atoms with Crippen LogP contribution in [0.25, 0.3) is 0 Å². The van der Waals surface area contributed by atoms with Crippen molar-refractivity contribution in [2.24, 2.45) is 44.4 Å². The van der Waals surface area contributed by atoms with Gasteiger partial charge < -0.3 is 53.6 Å². The third-order valence-electron chi connectivity index (χ3n) is 5.35. The van der Waals surface area contributed by atoms with Gasteiger partial charge in [-0.3, -0.25) is 25.4 Å². The summed E-state index contributed by atoms with van der Waals surface area (Å²) >= 11 is 0. The van der Waals surface area contributed by atoms with E-state index in [0.717, 1.165) is 38.5 Å². The van der Waals surface area contributed by atoms with Gasteiger partial charge in [-0.05, 0) is 61.4 Å². The first-order chi connectivity index (χ1) is 23.4. The zero-order valence-electron chi connectivity index (χ0n) is 30.4. The van der Waals surface area contributed by atoms with Crippen LogP contribution in [0.1, 0.15) is 71.1 Å². The molecule has 0 aliphatic rings.